The first-order valence-corrected chi connectivity index (χ1v) is 7.52. The van der Waals surface area contributed by atoms with Crippen LogP contribution in [0.1, 0.15) is 32.3 Å². The summed E-state index contributed by atoms with van der Waals surface area (Å²) in [4.78, 5) is 0. The van der Waals surface area contributed by atoms with Gasteiger partial charge in [0.1, 0.15) is 0 Å². The van der Waals surface area contributed by atoms with Crippen LogP contribution in [0.25, 0.3) is 0 Å². The van der Waals surface area contributed by atoms with Gasteiger partial charge in [0, 0.05) is 24.8 Å². The van der Waals surface area contributed by atoms with E-state index in [4.69, 9.17) is 16.3 Å². The van der Waals surface area contributed by atoms with Gasteiger partial charge in [-0.3, -0.25) is 0 Å². The quantitative estimate of drug-likeness (QED) is 0.742. The van der Waals surface area contributed by atoms with Gasteiger partial charge in [0.25, 0.3) is 0 Å². The third-order valence-electron chi connectivity index (χ3n) is 3.52. The van der Waals surface area contributed by atoms with E-state index in [0.717, 1.165) is 37.4 Å². The fourth-order valence-electron chi connectivity index (χ4n) is 2.21. The highest BCUT2D eigenvalue weighted by Gasteiger charge is 2.17. The number of rotatable bonds is 9. The van der Waals surface area contributed by atoms with Gasteiger partial charge in [-0.15, -0.1) is 0 Å². The molecule has 1 N–H and O–H groups in total. The minimum absolute atomic E-state index is 0.454. The Balaban J connectivity index is 2.65. The van der Waals surface area contributed by atoms with Gasteiger partial charge in [-0.1, -0.05) is 43.6 Å². The summed E-state index contributed by atoms with van der Waals surface area (Å²) in [6.07, 6.45) is 3.20. The first-order valence-electron chi connectivity index (χ1n) is 7.14. The Morgan fingerprint density at radius 1 is 1.32 bits per heavy atom. The molecule has 2 unspecified atom stereocenters. The van der Waals surface area contributed by atoms with Crippen LogP contribution in [0.3, 0.4) is 0 Å². The van der Waals surface area contributed by atoms with Gasteiger partial charge >= 0.3 is 0 Å². The Kier molecular flexibility index (Phi) is 8.11. The predicted molar refractivity (Wildman–Crippen MR) is 82.9 cm³/mol. The topological polar surface area (TPSA) is 21.3 Å². The smallest absolute Gasteiger partial charge is 0.0465 e. The molecule has 108 valence electrons. The monoisotopic (exact) mass is 283 g/mol. The van der Waals surface area contributed by atoms with E-state index in [1.807, 2.05) is 12.1 Å². The van der Waals surface area contributed by atoms with Crippen molar-refractivity contribution in [3.63, 3.8) is 0 Å². The molecule has 0 saturated heterocycles. The molecule has 0 fully saturated rings. The zero-order valence-corrected chi connectivity index (χ0v) is 13.0. The van der Waals surface area contributed by atoms with Gasteiger partial charge in [0.2, 0.25) is 0 Å². The Morgan fingerprint density at radius 3 is 2.68 bits per heavy atom. The summed E-state index contributed by atoms with van der Waals surface area (Å²) in [7, 11) is 1.76. The minimum Gasteiger partial charge on any atom is -0.385 e. The fourth-order valence-corrected chi connectivity index (χ4v) is 2.42. The van der Waals surface area contributed by atoms with E-state index in [9.17, 15) is 0 Å². The second-order valence-corrected chi connectivity index (χ2v) is 5.52. The lowest BCUT2D eigenvalue weighted by Gasteiger charge is -2.25. The molecule has 0 saturated carbocycles. The van der Waals surface area contributed by atoms with Gasteiger partial charge in [0.05, 0.1) is 0 Å². The van der Waals surface area contributed by atoms with Crippen LogP contribution < -0.4 is 5.32 Å². The zero-order valence-electron chi connectivity index (χ0n) is 12.3. The molecule has 0 aliphatic rings. The first kappa shape index (κ1) is 16.5. The van der Waals surface area contributed by atoms with Crippen molar-refractivity contribution in [3.05, 3.63) is 34.9 Å². The summed E-state index contributed by atoms with van der Waals surface area (Å²) in [6, 6.07) is 8.57. The van der Waals surface area contributed by atoms with Crippen molar-refractivity contribution in [2.75, 3.05) is 20.3 Å². The van der Waals surface area contributed by atoms with Crippen LogP contribution in [0.4, 0.5) is 0 Å². The molecule has 19 heavy (non-hydrogen) atoms. The Morgan fingerprint density at radius 2 is 2.05 bits per heavy atom. The summed E-state index contributed by atoms with van der Waals surface area (Å²) < 4.78 is 5.19. The van der Waals surface area contributed by atoms with Crippen molar-refractivity contribution >= 4 is 11.6 Å². The highest BCUT2D eigenvalue weighted by molar-refractivity contribution is 6.31. The fraction of sp³-hybridized carbons (Fsp3) is 0.625. The number of ether oxygens (including phenoxy) is 1. The molecule has 3 heteroatoms. The summed E-state index contributed by atoms with van der Waals surface area (Å²) in [5.41, 5.74) is 1.22. The molecule has 0 heterocycles. The minimum atomic E-state index is 0.454. The maximum absolute atomic E-state index is 6.26. The Bertz CT molecular complexity index is 356. The van der Waals surface area contributed by atoms with Crippen LogP contribution in [0, 0.1) is 5.92 Å². The lowest BCUT2D eigenvalue weighted by Crippen LogP contribution is -2.38. The lowest BCUT2D eigenvalue weighted by atomic mass is 9.92. The molecular formula is C16H26ClNO. The van der Waals surface area contributed by atoms with Crippen molar-refractivity contribution in [2.45, 2.75) is 39.2 Å². The third-order valence-corrected chi connectivity index (χ3v) is 3.89. The van der Waals surface area contributed by atoms with Gasteiger partial charge < -0.3 is 10.1 Å². The van der Waals surface area contributed by atoms with Crippen molar-refractivity contribution < 1.29 is 4.74 Å². The molecule has 0 aliphatic carbocycles. The van der Waals surface area contributed by atoms with E-state index in [1.165, 1.54) is 5.56 Å². The standard InChI is InChI=1S/C16H26ClNO/c1-4-10-18-16(13(2)9-11-19-3)12-14-7-5-6-8-15(14)17/h5-8,13,16,18H,4,9-12H2,1-3H3. The number of methoxy groups -OCH3 is 1. The average Bonchev–Trinajstić information content (AvgIpc) is 2.42. The molecule has 1 rings (SSSR count). The van der Waals surface area contributed by atoms with Crippen molar-refractivity contribution in [3.8, 4) is 0 Å². The highest BCUT2D eigenvalue weighted by Crippen LogP contribution is 2.20. The van der Waals surface area contributed by atoms with Crippen LogP contribution in [0.5, 0.6) is 0 Å². The SMILES string of the molecule is CCCNC(Cc1ccccc1Cl)C(C)CCOC. The van der Waals surface area contributed by atoms with E-state index in [-0.39, 0.29) is 0 Å². The molecular weight excluding hydrogens is 258 g/mol. The number of hydrogen-bond acceptors (Lipinski definition) is 2. The maximum Gasteiger partial charge on any atom is 0.0465 e. The third kappa shape index (κ3) is 5.94. The molecule has 0 amide bonds. The van der Waals surface area contributed by atoms with E-state index in [2.05, 4.69) is 31.3 Å². The molecule has 1 aromatic rings. The van der Waals surface area contributed by atoms with Crippen LogP contribution in [0.15, 0.2) is 24.3 Å². The van der Waals surface area contributed by atoms with Crippen LogP contribution >= 0.6 is 11.6 Å². The number of nitrogens with one attached hydrogen (secondary N) is 1. The second-order valence-electron chi connectivity index (χ2n) is 5.11. The van der Waals surface area contributed by atoms with Crippen LogP contribution in [-0.4, -0.2) is 26.3 Å². The van der Waals surface area contributed by atoms with Crippen molar-refractivity contribution in [1.29, 1.82) is 0 Å². The number of halogens is 1. The highest BCUT2D eigenvalue weighted by atomic mass is 35.5. The zero-order chi connectivity index (χ0) is 14.1. The predicted octanol–water partition coefficient (Wildman–Crippen LogP) is 3.92. The van der Waals surface area contributed by atoms with E-state index < -0.39 is 0 Å². The first-order chi connectivity index (χ1) is 9.19. The summed E-state index contributed by atoms with van der Waals surface area (Å²) >= 11 is 6.26. The summed E-state index contributed by atoms with van der Waals surface area (Å²) in [6.45, 7) is 6.34. The number of benzene rings is 1. The van der Waals surface area contributed by atoms with Crippen LogP contribution in [0.2, 0.25) is 5.02 Å². The molecule has 2 nitrogen and oxygen atoms in total. The lowest BCUT2D eigenvalue weighted by molar-refractivity contribution is 0.170. The van der Waals surface area contributed by atoms with Crippen LogP contribution in [-0.2, 0) is 11.2 Å². The van der Waals surface area contributed by atoms with Gasteiger partial charge in [-0.2, -0.15) is 0 Å². The van der Waals surface area contributed by atoms with Crippen molar-refractivity contribution in [1.82, 2.24) is 5.32 Å². The van der Waals surface area contributed by atoms with Gasteiger partial charge in [-0.25, -0.2) is 0 Å². The average molecular weight is 284 g/mol. The molecule has 1 aromatic carbocycles. The van der Waals surface area contributed by atoms with Gasteiger partial charge in [-0.05, 0) is 43.4 Å². The maximum atomic E-state index is 6.26. The van der Waals surface area contributed by atoms with E-state index in [0.29, 0.717) is 12.0 Å². The number of hydrogen-bond donors (Lipinski definition) is 1. The Hall–Kier alpha value is -0.570. The van der Waals surface area contributed by atoms with E-state index in [1.54, 1.807) is 7.11 Å². The normalized spacial score (nSPS) is 14.3. The van der Waals surface area contributed by atoms with E-state index >= 15 is 0 Å². The molecule has 0 bridgehead atoms. The Labute approximate surface area is 122 Å². The van der Waals surface area contributed by atoms with Crippen molar-refractivity contribution in [2.24, 2.45) is 5.92 Å². The molecule has 0 aliphatic heterocycles. The largest absolute Gasteiger partial charge is 0.385 e. The molecule has 0 radical (unpaired) electrons. The molecule has 2 atom stereocenters. The van der Waals surface area contributed by atoms with Gasteiger partial charge in [0.15, 0.2) is 0 Å². The summed E-state index contributed by atoms with van der Waals surface area (Å²) in [5.74, 6) is 0.572. The molecule has 0 spiro atoms. The second kappa shape index (κ2) is 9.35. The molecule has 0 aromatic heterocycles. The summed E-state index contributed by atoms with van der Waals surface area (Å²) in [5, 5.41) is 4.51.